The number of rotatable bonds is 9. The average molecular weight is 553 g/mol. The maximum atomic E-state index is 11.5. The number of hydrogen-bond acceptors (Lipinski definition) is 5. The Labute approximate surface area is 205 Å². The van der Waals surface area contributed by atoms with Crippen molar-refractivity contribution < 1.29 is 18.3 Å². The summed E-state index contributed by atoms with van der Waals surface area (Å²) in [7, 11) is -3.42. The first-order valence-corrected chi connectivity index (χ1v) is 13.3. The smallest absolute Gasteiger partial charge is 0.229 e. The fourth-order valence-electron chi connectivity index (χ4n) is 3.58. The Kier molecular flexibility index (Phi) is 7.16. The summed E-state index contributed by atoms with van der Waals surface area (Å²) in [6.45, 7) is 1.25. The van der Waals surface area contributed by atoms with Gasteiger partial charge >= 0.3 is 0 Å². The molecule has 1 aromatic heterocycles. The number of halogens is 2. The molecule has 0 aliphatic carbocycles. The number of aliphatic hydroxyl groups excluding tert-OH is 1. The highest BCUT2D eigenvalue weighted by Gasteiger charge is 2.12. The van der Waals surface area contributed by atoms with Gasteiger partial charge in [-0.3, -0.25) is 4.72 Å². The molecule has 0 bridgehead atoms. The quantitative estimate of drug-likeness (QED) is 0.223. The first-order chi connectivity index (χ1) is 15.7. The topological polar surface area (TPSA) is 103 Å². The van der Waals surface area contributed by atoms with Gasteiger partial charge in [0.05, 0.1) is 23.6 Å². The number of benzene rings is 3. The molecule has 1 unspecified atom stereocenters. The monoisotopic (exact) mass is 551 g/mol. The largest absolute Gasteiger partial charge is 0.492 e. The van der Waals surface area contributed by atoms with Gasteiger partial charge in [0.1, 0.15) is 12.4 Å². The van der Waals surface area contributed by atoms with Gasteiger partial charge in [-0.15, -0.1) is 0 Å². The number of aromatic amines is 1. The van der Waals surface area contributed by atoms with Crippen LogP contribution >= 0.6 is 27.5 Å². The molecule has 4 N–H and O–H groups in total. The zero-order chi connectivity index (χ0) is 23.6. The Balaban J connectivity index is 1.30. The Morgan fingerprint density at radius 2 is 1.82 bits per heavy atom. The fourth-order valence-corrected chi connectivity index (χ4v) is 4.79. The van der Waals surface area contributed by atoms with E-state index in [2.05, 4.69) is 31.0 Å². The lowest BCUT2D eigenvalue weighted by Crippen LogP contribution is -2.26. The lowest BCUT2D eigenvalue weighted by Gasteiger charge is -2.15. The van der Waals surface area contributed by atoms with Gasteiger partial charge in [-0.2, -0.15) is 0 Å². The summed E-state index contributed by atoms with van der Waals surface area (Å²) in [4.78, 5) is 3.36. The number of fused-ring (bicyclic) bond motifs is 3. The number of sulfonamides is 1. The molecule has 4 aromatic rings. The predicted octanol–water partition coefficient (Wildman–Crippen LogP) is 4.81. The van der Waals surface area contributed by atoms with E-state index in [1.807, 2.05) is 36.4 Å². The van der Waals surface area contributed by atoms with Crippen LogP contribution in [0.25, 0.3) is 21.8 Å². The second-order valence-corrected chi connectivity index (χ2v) is 10.7. The van der Waals surface area contributed by atoms with Gasteiger partial charge < -0.3 is 20.1 Å². The van der Waals surface area contributed by atoms with E-state index in [0.717, 1.165) is 33.8 Å². The molecule has 0 spiro atoms. The Bertz CT molecular complexity index is 1410. The molecule has 0 saturated carbocycles. The maximum Gasteiger partial charge on any atom is 0.229 e. The summed E-state index contributed by atoms with van der Waals surface area (Å²) in [6.07, 6.45) is 0.281. The van der Waals surface area contributed by atoms with Crippen LogP contribution in [0.2, 0.25) is 5.02 Å². The third-order valence-corrected chi connectivity index (χ3v) is 6.61. The van der Waals surface area contributed by atoms with Gasteiger partial charge in [-0.1, -0.05) is 23.7 Å². The van der Waals surface area contributed by atoms with Crippen molar-refractivity contribution in [2.45, 2.75) is 6.10 Å². The molecular weight excluding hydrogens is 530 g/mol. The van der Waals surface area contributed by atoms with Crippen LogP contribution in [-0.4, -0.2) is 44.5 Å². The van der Waals surface area contributed by atoms with E-state index < -0.39 is 16.1 Å². The van der Waals surface area contributed by atoms with Crippen LogP contribution in [0.5, 0.6) is 5.75 Å². The van der Waals surface area contributed by atoms with Crippen LogP contribution in [0.15, 0.2) is 59.1 Å². The van der Waals surface area contributed by atoms with Crippen LogP contribution in [0.3, 0.4) is 0 Å². The number of nitrogens with one attached hydrogen (secondary N) is 3. The minimum Gasteiger partial charge on any atom is -0.492 e. The number of H-pyrrole nitrogens is 1. The van der Waals surface area contributed by atoms with Crippen LogP contribution in [-0.2, 0) is 10.0 Å². The van der Waals surface area contributed by atoms with Crippen LogP contribution in [0.1, 0.15) is 11.7 Å². The van der Waals surface area contributed by atoms with Crippen molar-refractivity contribution in [3.05, 3.63) is 69.7 Å². The highest BCUT2D eigenvalue weighted by Crippen LogP contribution is 2.30. The number of ether oxygens (including phenoxy) is 1. The van der Waals surface area contributed by atoms with Gasteiger partial charge in [-0.05, 0) is 57.9 Å². The number of hydrogen-bond donors (Lipinski definition) is 4. The van der Waals surface area contributed by atoms with E-state index in [1.54, 1.807) is 18.2 Å². The number of anilines is 1. The third-order valence-electron chi connectivity index (χ3n) is 5.09. The highest BCUT2D eigenvalue weighted by molar-refractivity contribution is 9.10. The van der Waals surface area contributed by atoms with Crippen LogP contribution < -0.4 is 14.8 Å². The molecule has 0 fully saturated rings. The number of aliphatic hydroxyl groups is 1. The van der Waals surface area contributed by atoms with Gasteiger partial charge in [-0.25, -0.2) is 8.42 Å². The third kappa shape index (κ3) is 5.99. The molecule has 4 rings (SSSR count). The number of aromatic nitrogens is 1. The maximum absolute atomic E-state index is 11.5. The SMILES string of the molecule is CS(=O)(=O)Nc1cc(C(O)CNCCOc2ccc3c(c2)[nH]c2cc(Cl)ccc23)ccc1Br. The Morgan fingerprint density at radius 3 is 2.58 bits per heavy atom. The summed E-state index contributed by atoms with van der Waals surface area (Å²) in [5.41, 5.74) is 2.93. The Morgan fingerprint density at radius 1 is 1.09 bits per heavy atom. The van der Waals surface area contributed by atoms with Crippen molar-refractivity contribution in [2.24, 2.45) is 0 Å². The van der Waals surface area contributed by atoms with Gasteiger partial charge in [0.2, 0.25) is 10.0 Å². The van der Waals surface area contributed by atoms with E-state index in [-0.39, 0.29) is 0 Å². The second-order valence-electron chi connectivity index (χ2n) is 7.70. The first kappa shape index (κ1) is 23.8. The fraction of sp³-hybridized carbons (Fsp3) is 0.217. The minimum atomic E-state index is -3.42. The lowest BCUT2D eigenvalue weighted by molar-refractivity contribution is 0.172. The van der Waals surface area contributed by atoms with Gasteiger partial charge in [0, 0.05) is 44.9 Å². The highest BCUT2D eigenvalue weighted by atomic mass is 79.9. The summed E-state index contributed by atoms with van der Waals surface area (Å²) in [5.74, 6) is 0.743. The van der Waals surface area contributed by atoms with Crippen LogP contribution in [0, 0.1) is 0 Å². The zero-order valence-corrected chi connectivity index (χ0v) is 20.9. The molecule has 0 aliphatic rings. The van der Waals surface area contributed by atoms with Gasteiger partial charge in [0.15, 0.2) is 0 Å². The van der Waals surface area contributed by atoms with Gasteiger partial charge in [0.25, 0.3) is 0 Å². The Hall–Kier alpha value is -2.30. The van der Waals surface area contributed by atoms with E-state index in [4.69, 9.17) is 16.3 Å². The molecule has 7 nitrogen and oxygen atoms in total. The molecule has 174 valence electrons. The summed E-state index contributed by atoms with van der Waals surface area (Å²) >= 11 is 9.38. The van der Waals surface area contributed by atoms with Crippen molar-refractivity contribution in [3.8, 4) is 5.75 Å². The molecule has 33 heavy (non-hydrogen) atoms. The van der Waals surface area contributed by atoms with E-state index in [9.17, 15) is 13.5 Å². The summed E-state index contributed by atoms with van der Waals surface area (Å²) in [6, 6.07) is 16.7. The molecule has 0 saturated heterocycles. The van der Waals surface area contributed by atoms with E-state index >= 15 is 0 Å². The molecule has 1 heterocycles. The summed E-state index contributed by atoms with van der Waals surface area (Å²) < 4.78 is 31.9. The van der Waals surface area contributed by atoms with E-state index in [0.29, 0.717) is 40.4 Å². The van der Waals surface area contributed by atoms with Crippen molar-refractivity contribution in [2.75, 3.05) is 30.7 Å². The minimum absolute atomic E-state index is 0.297. The second kappa shape index (κ2) is 9.90. The van der Waals surface area contributed by atoms with Crippen molar-refractivity contribution in [3.63, 3.8) is 0 Å². The molecule has 0 aliphatic heterocycles. The average Bonchev–Trinajstić information content (AvgIpc) is 3.10. The molecular formula is C23H23BrClN3O4S. The van der Waals surface area contributed by atoms with Crippen molar-refractivity contribution in [1.29, 1.82) is 0 Å². The molecule has 3 aromatic carbocycles. The van der Waals surface area contributed by atoms with Crippen molar-refractivity contribution in [1.82, 2.24) is 10.3 Å². The lowest BCUT2D eigenvalue weighted by atomic mass is 10.1. The standard InChI is InChI=1S/C23H23BrClN3O4S/c1-33(30,31)28-22-10-14(2-7-19(22)24)23(29)13-26-8-9-32-16-4-6-18-17-5-3-15(25)11-20(17)27-21(18)12-16/h2-7,10-12,23,26-29H,8-9,13H2,1H3. The zero-order valence-electron chi connectivity index (χ0n) is 17.7. The molecule has 0 amide bonds. The first-order valence-electron chi connectivity index (χ1n) is 10.2. The van der Waals surface area contributed by atoms with Crippen molar-refractivity contribution >= 4 is 65.0 Å². The normalized spacial score (nSPS) is 12.8. The van der Waals surface area contributed by atoms with E-state index in [1.165, 1.54) is 0 Å². The predicted molar refractivity (Wildman–Crippen MR) is 137 cm³/mol. The molecule has 10 heteroatoms. The molecule has 1 atom stereocenters. The summed E-state index contributed by atoms with van der Waals surface area (Å²) in [5, 5.41) is 16.5. The molecule has 0 radical (unpaired) electrons. The van der Waals surface area contributed by atoms with Crippen LogP contribution in [0.4, 0.5) is 5.69 Å².